The van der Waals surface area contributed by atoms with Gasteiger partial charge in [-0.1, -0.05) is 30.3 Å². The lowest BCUT2D eigenvalue weighted by atomic mass is 10.1. The molecule has 0 bridgehead atoms. The van der Waals surface area contributed by atoms with E-state index >= 15 is 0 Å². The number of carbonyl (C=O) groups excluding carboxylic acids is 1. The van der Waals surface area contributed by atoms with Crippen LogP contribution in [0.15, 0.2) is 65.6 Å². The van der Waals surface area contributed by atoms with Crippen LogP contribution in [0, 0.1) is 6.92 Å². The molecule has 0 aliphatic heterocycles. The molecule has 1 amide bonds. The number of aliphatic hydroxyl groups excluding tert-OH is 1. The van der Waals surface area contributed by atoms with Gasteiger partial charge in [0.15, 0.2) is 0 Å². The van der Waals surface area contributed by atoms with Crippen molar-refractivity contribution in [3.05, 3.63) is 71.9 Å². The molecular weight excluding hydrogens is 356 g/mol. The van der Waals surface area contributed by atoms with Crippen LogP contribution in [0.25, 0.3) is 16.9 Å². The van der Waals surface area contributed by atoms with E-state index in [0.717, 1.165) is 22.6 Å². The summed E-state index contributed by atoms with van der Waals surface area (Å²) in [6, 6.07) is 21.1. The Morgan fingerprint density at radius 2 is 1.81 bits per heavy atom. The number of aromatic nitrogens is 1. The Hall–Kier alpha value is -2.50. The maximum Gasteiger partial charge on any atom is 0.245 e. The zero-order chi connectivity index (χ0) is 19.2. The predicted molar refractivity (Wildman–Crippen MR) is 112 cm³/mol. The third kappa shape index (κ3) is 4.43. The smallest absolute Gasteiger partial charge is 0.245 e. The molecule has 3 rings (SSSR count). The van der Waals surface area contributed by atoms with Crippen LogP contribution >= 0.6 is 11.8 Å². The van der Waals surface area contributed by atoms with E-state index in [2.05, 4.69) is 65.5 Å². The topological polar surface area (TPSA) is 54.3 Å². The number of para-hydroxylation sites is 1. The van der Waals surface area contributed by atoms with Crippen LogP contribution in [0.2, 0.25) is 0 Å². The third-order valence-corrected chi connectivity index (χ3v) is 5.36. The molecule has 0 radical (unpaired) electrons. The quantitative estimate of drug-likeness (QED) is 0.613. The van der Waals surface area contributed by atoms with Gasteiger partial charge in [-0.3, -0.25) is 4.79 Å². The minimum absolute atomic E-state index is 0.344. The first kappa shape index (κ1) is 19.3. The highest BCUT2D eigenvalue weighted by Gasteiger charge is 2.15. The number of nitrogens with one attached hydrogen (secondary N) is 1. The summed E-state index contributed by atoms with van der Waals surface area (Å²) in [4.78, 5) is 12.5. The fraction of sp³-hybridized carbons (Fsp3) is 0.227. The molecule has 0 atom stereocenters. The summed E-state index contributed by atoms with van der Waals surface area (Å²) in [5.74, 6) is -0.344. The van der Waals surface area contributed by atoms with Gasteiger partial charge in [0.1, 0.15) is 6.61 Å². The van der Waals surface area contributed by atoms with Crippen LogP contribution in [0.1, 0.15) is 11.3 Å². The van der Waals surface area contributed by atoms with Crippen molar-refractivity contribution >= 4 is 17.7 Å². The number of aliphatic hydroxyl groups is 1. The van der Waals surface area contributed by atoms with E-state index in [1.54, 1.807) is 11.8 Å². The maximum absolute atomic E-state index is 11.3. The highest BCUT2D eigenvalue weighted by molar-refractivity contribution is 7.98. The van der Waals surface area contributed by atoms with Gasteiger partial charge >= 0.3 is 0 Å². The van der Waals surface area contributed by atoms with Crippen molar-refractivity contribution in [3.8, 4) is 16.9 Å². The van der Waals surface area contributed by atoms with Crippen molar-refractivity contribution in [1.82, 2.24) is 9.88 Å². The Morgan fingerprint density at radius 1 is 1.11 bits per heavy atom. The molecule has 5 heteroatoms. The Bertz CT molecular complexity index is 902. The number of thioether (sulfide) groups is 1. The lowest BCUT2D eigenvalue weighted by molar-refractivity contribution is -0.123. The van der Waals surface area contributed by atoms with Crippen LogP contribution in [0.4, 0.5) is 0 Å². The molecule has 0 saturated carbocycles. The number of carbonyl (C=O) groups is 1. The second-order valence-corrected chi connectivity index (χ2v) is 7.18. The highest BCUT2D eigenvalue weighted by Crippen LogP contribution is 2.30. The molecule has 0 fully saturated rings. The number of hydrogen-bond acceptors (Lipinski definition) is 3. The van der Waals surface area contributed by atoms with Gasteiger partial charge in [-0.05, 0) is 61.1 Å². The first-order valence-corrected chi connectivity index (χ1v) is 10.1. The summed E-state index contributed by atoms with van der Waals surface area (Å²) in [7, 11) is 0. The zero-order valence-electron chi connectivity index (χ0n) is 15.6. The zero-order valence-corrected chi connectivity index (χ0v) is 16.4. The van der Waals surface area contributed by atoms with Crippen LogP contribution in [0.5, 0.6) is 0 Å². The molecule has 2 aromatic carbocycles. The van der Waals surface area contributed by atoms with Gasteiger partial charge in [0.25, 0.3) is 0 Å². The molecule has 2 N–H and O–H groups in total. The fourth-order valence-electron chi connectivity index (χ4n) is 3.19. The normalized spacial score (nSPS) is 10.8. The average molecular weight is 381 g/mol. The van der Waals surface area contributed by atoms with Gasteiger partial charge in [0, 0.05) is 22.8 Å². The van der Waals surface area contributed by atoms with Gasteiger partial charge in [0.05, 0.1) is 5.69 Å². The second-order valence-electron chi connectivity index (χ2n) is 6.30. The van der Waals surface area contributed by atoms with Crippen molar-refractivity contribution in [2.75, 3.05) is 19.4 Å². The summed E-state index contributed by atoms with van der Waals surface area (Å²) >= 11 is 1.73. The van der Waals surface area contributed by atoms with Crippen molar-refractivity contribution in [3.63, 3.8) is 0 Å². The van der Waals surface area contributed by atoms with Crippen molar-refractivity contribution in [2.45, 2.75) is 18.2 Å². The SMILES string of the molecule is CSc1ccc(-c2cc(CCNC(=O)CO)c(C)n2-c2ccccc2)cc1. The number of hydrogen-bond donors (Lipinski definition) is 2. The van der Waals surface area contributed by atoms with Crippen molar-refractivity contribution < 1.29 is 9.90 Å². The molecule has 4 nitrogen and oxygen atoms in total. The fourth-order valence-corrected chi connectivity index (χ4v) is 3.60. The maximum atomic E-state index is 11.3. The molecular formula is C22H24N2O2S. The Labute approximate surface area is 164 Å². The number of amides is 1. The van der Waals surface area contributed by atoms with Crippen LogP contribution in [-0.2, 0) is 11.2 Å². The second kappa shape index (κ2) is 8.93. The molecule has 140 valence electrons. The molecule has 0 unspecified atom stereocenters. The minimum atomic E-state index is -0.475. The van der Waals surface area contributed by atoms with E-state index < -0.39 is 6.61 Å². The standard InChI is InChI=1S/C22H24N2O2S/c1-16-18(12-13-23-22(26)15-25)14-21(17-8-10-20(27-2)11-9-17)24(16)19-6-4-3-5-7-19/h3-11,14,25H,12-13,15H2,1-2H3,(H,23,26). The summed E-state index contributed by atoms with van der Waals surface area (Å²) in [5.41, 5.74) is 5.74. The highest BCUT2D eigenvalue weighted by atomic mass is 32.2. The number of benzene rings is 2. The van der Waals surface area contributed by atoms with Gasteiger partial charge in [0.2, 0.25) is 5.91 Å². The molecule has 0 saturated heterocycles. The molecule has 0 aliphatic rings. The average Bonchev–Trinajstić information content (AvgIpc) is 3.05. The Kier molecular flexibility index (Phi) is 6.37. The van der Waals surface area contributed by atoms with Crippen LogP contribution < -0.4 is 5.32 Å². The Balaban J connectivity index is 1.99. The van der Waals surface area contributed by atoms with Gasteiger partial charge in [-0.2, -0.15) is 0 Å². The van der Waals surface area contributed by atoms with Crippen LogP contribution in [-0.4, -0.2) is 35.0 Å². The number of rotatable bonds is 7. The molecule has 1 aromatic heterocycles. The lowest BCUT2D eigenvalue weighted by Crippen LogP contribution is -2.28. The monoisotopic (exact) mass is 380 g/mol. The molecule has 27 heavy (non-hydrogen) atoms. The van der Waals surface area contributed by atoms with E-state index in [-0.39, 0.29) is 5.91 Å². The van der Waals surface area contributed by atoms with Gasteiger partial charge in [-0.25, -0.2) is 0 Å². The molecule has 0 aliphatic carbocycles. The lowest BCUT2D eigenvalue weighted by Gasteiger charge is -2.13. The minimum Gasteiger partial charge on any atom is -0.387 e. The summed E-state index contributed by atoms with van der Waals surface area (Å²) in [5, 5.41) is 11.6. The molecule has 0 spiro atoms. The summed E-state index contributed by atoms with van der Waals surface area (Å²) in [6.07, 6.45) is 2.79. The largest absolute Gasteiger partial charge is 0.387 e. The third-order valence-electron chi connectivity index (χ3n) is 4.61. The number of nitrogens with zero attached hydrogens (tertiary/aromatic N) is 1. The van der Waals surface area contributed by atoms with Gasteiger partial charge < -0.3 is 15.0 Å². The summed E-state index contributed by atoms with van der Waals surface area (Å²) in [6.45, 7) is 2.14. The van der Waals surface area contributed by atoms with Crippen LogP contribution in [0.3, 0.4) is 0 Å². The molecule has 3 aromatic rings. The summed E-state index contributed by atoms with van der Waals surface area (Å²) < 4.78 is 2.26. The molecule has 1 heterocycles. The van der Waals surface area contributed by atoms with E-state index in [4.69, 9.17) is 5.11 Å². The predicted octanol–water partition coefficient (Wildman–Crippen LogP) is 3.83. The van der Waals surface area contributed by atoms with Crippen molar-refractivity contribution in [1.29, 1.82) is 0 Å². The van der Waals surface area contributed by atoms with E-state index in [9.17, 15) is 4.79 Å². The van der Waals surface area contributed by atoms with Gasteiger partial charge in [-0.15, -0.1) is 11.8 Å². The van der Waals surface area contributed by atoms with E-state index in [1.165, 1.54) is 10.5 Å². The first-order chi connectivity index (χ1) is 13.1. The van der Waals surface area contributed by atoms with E-state index in [0.29, 0.717) is 13.0 Å². The first-order valence-electron chi connectivity index (χ1n) is 8.92. The Morgan fingerprint density at radius 3 is 2.44 bits per heavy atom. The van der Waals surface area contributed by atoms with Crippen molar-refractivity contribution in [2.24, 2.45) is 0 Å². The van der Waals surface area contributed by atoms with E-state index in [1.807, 2.05) is 18.2 Å².